The van der Waals surface area contributed by atoms with Crippen molar-refractivity contribution in [1.29, 1.82) is 0 Å². The molecule has 86 valence electrons. The second kappa shape index (κ2) is 4.43. The summed E-state index contributed by atoms with van der Waals surface area (Å²) in [4.78, 5) is 13.0. The third-order valence-corrected chi connectivity index (χ3v) is 3.02. The summed E-state index contributed by atoms with van der Waals surface area (Å²) in [5.74, 6) is 0. The molecule has 4 heteroatoms. The fraction of sp³-hybridized carbons (Fsp3) is 0.417. The summed E-state index contributed by atoms with van der Waals surface area (Å²) in [6, 6.07) is 7.92. The first-order chi connectivity index (χ1) is 7.72. The molecule has 1 aromatic rings. The zero-order valence-electron chi connectivity index (χ0n) is 9.31. The van der Waals surface area contributed by atoms with Gasteiger partial charge in [-0.2, -0.15) is 0 Å². The molecular formula is C12H16N2O2. The number of hydrogen-bond donors (Lipinski definition) is 2. The summed E-state index contributed by atoms with van der Waals surface area (Å²) in [5.41, 5.74) is 2.23. The first-order valence-corrected chi connectivity index (χ1v) is 5.55. The van der Waals surface area contributed by atoms with Crippen LogP contribution in [0.3, 0.4) is 0 Å². The number of nitrogens with one attached hydrogen (secondary N) is 1. The second-order valence-corrected chi connectivity index (χ2v) is 3.93. The zero-order valence-corrected chi connectivity index (χ0v) is 9.31. The van der Waals surface area contributed by atoms with E-state index >= 15 is 0 Å². The van der Waals surface area contributed by atoms with Crippen LogP contribution >= 0.6 is 0 Å². The van der Waals surface area contributed by atoms with Crippen LogP contribution in [0.25, 0.3) is 0 Å². The number of fused-ring (bicyclic) bond motifs is 1. The Morgan fingerprint density at radius 3 is 3.00 bits per heavy atom. The molecular weight excluding hydrogens is 204 g/mol. The maximum absolute atomic E-state index is 10.7. The third-order valence-electron chi connectivity index (χ3n) is 3.02. The number of para-hydroxylation sites is 1. The number of carboxylic acid groups (broad SMARTS) is 1. The predicted octanol–water partition coefficient (Wildman–Crippen LogP) is 2.23. The van der Waals surface area contributed by atoms with E-state index in [0.717, 1.165) is 30.8 Å². The average molecular weight is 220 g/mol. The van der Waals surface area contributed by atoms with Crippen molar-refractivity contribution < 1.29 is 9.90 Å². The Bertz CT molecular complexity index is 392. The normalized spacial score (nSPS) is 19.1. The van der Waals surface area contributed by atoms with Gasteiger partial charge in [-0.15, -0.1) is 0 Å². The highest BCUT2D eigenvalue weighted by Gasteiger charge is 2.24. The monoisotopic (exact) mass is 220 g/mol. The van der Waals surface area contributed by atoms with Gasteiger partial charge in [0.1, 0.15) is 0 Å². The summed E-state index contributed by atoms with van der Waals surface area (Å²) in [6.07, 6.45) is -0.123. The van der Waals surface area contributed by atoms with Crippen LogP contribution in [-0.4, -0.2) is 24.3 Å². The molecule has 0 radical (unpaired) electrons. The lowest BCUT2D eigenvalue weighted by molar-refractivity contribution is 0.189. The SMILES string of the molecule is CCN1CCC(NC(=O)O)c2ccccc21. The fourth-order valence-electron chi connectivity index (χ4n) is 2.26. The third kappa shape index (κ3) is 1.96. The van der Waals surface area contributed by atoms with Crippen LogP contribution in [0.15, 0.2) is 24.3 Å². The molecule has 1 aliphatic rings. The van der Waals surface area contributed by atoms with Crippen molar-refractivity contribution in [3.63, 3.8) is 0 Å². The van der Waals surface area contributed by atoms with Gasteiger partial charge in [0.25, 0.3) is 0 Å². The molecule has 1 unspecified atom stereocenters. The Hall–Kier alpha value is -1.71. The maximum Gasteiger partial charge on any atom is 0.405 e. The van der Waals surface area contributed by atoms with Crippen LogP contribution in [-0.2, 0) is 0 Å². The van der Waals surface area contributed by atoms with Crippen molar-refractivity contribution in [3.05, 3.63) is 29.8 Å². The molecule has 2 rings (SSSR count). The van der Waals surface area contributed by atoms with E-state index in [1.165, 1.54) is 0 Å². The minimum absolute atomic E-state index is 0.0727. The van der Waals surface area contributed by atoms with Gasteiger partial charge in [0, 0.05) is 18.8 Å². The zero-order chi connectivity index (χ0) is 11.5. The first kappa shape index (κ1) is 10.8. The minimum Gasteiger partial charge on any atom is -0.465 e. The smallest absolute Gasteiger partial charge is 0.405 e. The summed E-state index contributed by atoms with van der Waals surface area (Å²) >= 11 is 0. The molecule has 16 heavy (non-hydrogen) atoms. The Balaban J connectivity index is 2.31. The molecule has 0 aliphatic carbocycles. The minimum atomic E-state index is -0.954. The number of benzene rings is 1. The van der Waals surface area contributed by atoms with Gasteiger partial charge < -0.3 is 15.3 Å². The van der Waals surface area contributed by atoms with E-state index in [4.69, 9.17) is 5.11 Å². The van der Waals surface area contributed by atoms with Crippen LogP contribution in [0.2, 0.25) is 0 Å². The Morgan fingerprint density at radius 2 is 2.31 bits per heavy atom. The lowest BCUT2D eigenvalue weighted by atomic mass is 9.96. The number of anilines is 1. The molecule has 0 aromatic heterocycles. The topological polar surface area (TPSA) is 52.6 Å². The molecule has 2 N–H and O–H groups in total. The number of amides is 1. The summed E-state index contributed by atoms with van der Waals surface area (Å²) < 4.78 is 0. The van der Waals surface area contributed by atoms with E-state index in [1.54, 1.807) is 0 Å². The Labute approximate surface area is 94.9 Å². The van der Waals surface area contributed by atoms with E-state index < -0.39 is 6.09 Å². The highest BCUT2D eigenvalue weighted by atomic mass is 16.4. The van der Waals surface area contributed by atoms with Gasteiger partial charge >= 0.3 is 6.09 Å². The Kier molecular flexibility index (Phi) is 2.99. The van der Waals surface area contributed by atoms with Crippen molar-refractivity contribution in [1.82, 2.24) is 5.32 Å². The summed E-state index contributed by atoms with van der Waals surface area (Å²) in [6.45, 7) is 3.97. The van der Waals surface area contributed by atoms with Crippen molar-refractivity contribution in [2.45, 2.75) is 19.4 Å². The number of hydrogen-bond acceptors (Lipinski definition) is 2. The number of nitrogens with zero attached hydrogens (tertiary/aromatic N) is 1. The molecule has 1 aromatic carbocycles. The molecule has 0 saturated carbocycles. The van der Waals surface area contributed by atoms with Gasteiger partial charge in [0.15, 0.2) is 0 Å². The number of rotatable bonds is 2. The largest absolute Gasteiger partial charge is 0.465 e. The summed E-state index contributed by atoms with van der Waals surface area (Å²) in [5, 5.41) is 11.4. The fourth-order valence-corrected chi connectivity index (χ4v) is 2.26. The van der Waals surface area contributed by atoms with Gasteiger partial charge in [0.05, 0.1) is 6.04 Å². The highest BCUT2D eigenvalue weighted by molar-refractivity contribution is 5.67. The standard InChI is InChI=1S/C12H16N2O2/c1-2-14-8-7-10(13-12(15)16)9-5-3-4-6-11(9)14/h3-6,10,13H,2,7-8H2,1H3,(H,15,16). The summed E-state index contributed by atoms with van der Waals surface area (Å²) in [7, 11) is 0. The van der Waals surface area contributed by atoms with Crippen LogP contribution in [0, 0.1) is 0 Å². The predicted molar refractivity (Wildman–Crippen MR) is 62.8 cm³/mol. The van der Waals surface area contributed by atoms with Gasteiger partial charge in [-0.3, -0.25) is 0 Å². The van der Waals surface area contributed by atoms with Gasteiger partial charge in [-0.25, -0.2) is 4.79 Å². The van der Waals surface area contributed by atoms with Crippen molar-refractivity contribution >= 4 is 11.8 Å². The lowest BCUT2D eigenvalue weighted by Crippen LogP contribution is -2.37. The molecule has 0 saturated heterocycles. The van der Waals surface area contributed by atoms with Gasteiger partial charge in [-0.1, -0.05) is 18.2 Å². The number of carbonyl (C=O) groups is 1. The van der Waals surface area contributed by atoms with E-state index in [1.807, 2.05) is 18.2 Å². The van der Waals surface area contributed by atoms with E-state index in [9.17, 15) is 4.79 Å². The van der Waals surface area contributed by atoms with Crippen LogP contribution in [0.1, 0.15) is 24.9 Å². The van der Waals surface area contributed by atoms with Crippen LogP contribution in [0.5, 0.6) is 0 Å². The van der Waals surface area contributed by atoms with Crippen LogP contribution < -0.4 is 10.2 Å². The quantitative estimate of drug-likeness (QED) is 0.803. The average Bonchev–Trinajstić information content (AvgIpc) is 2.29. The van der Waals surface area contributed by atoms with Gasteiger partial charge in [0.2, 0.25) is 0 Å². The van der Waals surface area contributed by atoms with Crippen molar-refractivity contribution in [2.75, 3.05) is 18.0 Å². The highest BCUT2D eigenvalue weighted by Crippen LogP contribution is 2.33. The van der Waals surface area contributed by atoms with Crippen molar-refractivity contribution in [2.24, 2.45) is 0 Å². The van der Waals surface area contributed by atoms with Crippen molar-refractivity contribution in [3.8, 4) is 0 Å². The molecule has 1 amide bonds. The maximum atomic E-state index is 10.7. The van der Waals surface area contributed by atoms with Crippen LogP contribution in [0.4, 0.5) is 10.5 Å². The molecule has 0 fully saturated rings. The molecule has 1 aliphatic heterocycles. The Morgan fingerprint density at radius 1 is 1.56 bits per heavy atom. The molecule has 0 bridgehead atoms. The van der Waals surface area contributed by atoms with E-state index in [2.05, 4.69) is 23.2 Å². The lowest BCUT2D eigenvalue weighted by Gasteiger charge is -2.34. The molecule has 0 spiro atoms. The second-order valence-electron chi connectivity index (χ2n) is 3.93. The van der Waals surface area contributed by atoms with E-state index in [-0.39, 0.29) is 6.04 Å². The molecule has 1 atom stereocenters. The first-order valence-electron chi connectivity index (χ1n) is 5.55. The molecule has 4 nitrogen and oxygen atoms in total. The van der Waals surface area contributed by atoms with E-state index in [0.29, 0.717) is 0 Å². The molecule has 1 heterocycles. The van der Waals surface area contributed by atoms with Gasteiger partial charge in [-0.05, 0) is 25.0 Å².